The highest BCUT2D eigenvalue weighted by molar-refractivity contribution is 5.90. The Bertz CT molecular complexity index is 736. The number of carbonyl (C=O) groups is 3. The van der Waals surface area contributed by atoms with Gasteiger partial charge in [0.15, 0.2) is 0 Å². The molecular formula is C25H36O5. The lowest BCUT2D eigenvalue weighted by atomic mass is 9.75. The van der Waals surface area contributed by atoms with Crippen LogP contribution in [0.1, 0.15) is 78.2 Å². The summed E-state index contributed by atoms with van der Waals surface area (Å²) in [7, 11) is 1.62. The first kappa shape index (κ1) is 24.1. The van der Waals surface area contributed by atoms with Crippen molar-refractivity contribution < 1.29 is 23.9 Å². The summed E-state index contributed by atoms with van der Waals surface area (Å²) in [6, 6.07) is 7.61. The lowest BCUT2D eigenvalue weighted by molar-refractivity contribution is -0.160. The van der Waals surface area contributed by atoms with E-state index in [0.717, 1.165) is 37.0 Å². The monoisotopic (exact) mass is 416 g/mol. The van der Waals surface area contributed by atoms with Crippen molar-refractivity contribution in [2.75, 3.05) is 7.11 Å². The fraction of sp³-hybridized carbons (Fsp3) is 0.640. The third kappa shape index (κ3) is 6.96. The minimum absolute atomic E-state index is 0.0622. The molecule has 1 aromatic rings. The fourth-order valence-corrected chi connectivity index (χ4v) is 4.39. The smallest absolute Gasteiger partial charge is 0.309 e. The Balaban J connectivity index is 2.12. The van der Waals surface area contributed by atoms with Gasteiger partial charge in [-0.1, -0.05) is 25.0 Å². The van der Waals surface area contributed by atoms with Crippen molar-refractivity contribution in [2.45, 2.75) is 84.7 Å². The first-order valence-electron chi connectivity index (χ1n) is 10.9. The standard InChI is InChI=1S/C25H36O5/c1-18(26)17-25(14-6-7-15-25)22(27)13-10-20(23(28)30-24(2,3)4)16-19-8-11-21(29-5)12-9-19/h8-9,11-12,20H,6-7,10,13-17H2,1-5H3. The Labute approximate surface area is 180 Å². The van der Waals surface area contributed by atoms with Gasteiger partial charge in [0.1, 0.15) is 22.9 Å². The third-order valence-electron chi connectivity index (χ3n) is 5.84. The zero-order valence-electron chi connectivity index (χ0n) is 19.1. The highest BCUT2D eigenvalue weighted by atomic mass is 16.6. The van der Waals surface area contributed by atoms with Crippen LogP contribution in [0.2, 0.25) is 0 Å². The van der Waals surface area contributed by atoms with E-state index in [2.05, 4.69) is 0 Å². The molecule has 0 aliphatic heterocycles. The van der Waals surface area contributed by atoms with Gasteiger partial charge in [-0.3, -0.25) is 14.4 Å². The SMILES string of the molecule is COc1ccc(CC(CCC(=O)C2(CC(C)=O)CCCC2)C(=O)OC(C)(C)C)cc1. The molecule has 1 fully saturated rings. The number of carbonyl (C=O) groups excluding carboxylic acids is 3. The van der Waals surface area contributed by atoms with Crippen LogP contribution in [-0.2, 0) is 25.5 Å². The van der Waals surface area contributed by atoms with Gasteiger partial charge in [-0.05, 0) is 71.1 Å². The summed E-state index contributed by atoms with van der Waals surface area (Å²) in [6.07, 6.45) is 5.09. The molecule has 0 amide bonds. The van der Waals surface area contributed by atoms with E-state index in [-0.39, 0.29) is 17.5 Å². The molecule has 1 aromatic carbocycles. The first-order chi connectivity index (χ1) is 14.0. The number of ketones is 2. The molecule has 1 saturated carbocycles. The van der Waals surface area contributed by atoms with E-state index in [9.17, 15) is 14.4 Å². The van der Waals surface area contributed by atoms with Crippen LogP contribution >= 0.6 is 0 Å². The Morgan fingerprint density at radius 3 is 2.17 bits per heavy atom. The minimum Gasteiger partial charge on any atom is -0.497 e. The molecule has 1 atom stereocenters. The molecule has 0 spiro atoms. The van der Waals surface area contributed by atoms with Crippen LogP contribution in [0.25, 0.3) is 0 Å². The number of rotatable bonds is 10. The molecule has 0 aromatic heterocycles. The van der Waals surface area contributed by atoms with Crippen molar-refractivity contribution in [1.82, 2.24) is 0 Å². The van der Waals surface area contributed by atoms with E-state index in [1.54, 1.807) is 14.0 Å². The number of methoxy groups -OCH3 is 1. The minimum atomic E-state index is -0.583. The lowest BCUT2D eigenvalue weighted by Gasteiger charge is -2.28. The number of benzene rings is 1. The quantitative estimate of drug-likeness (QED) is 0.497. The normalized spacial score (nSPS) is 16.7. The summed E-state index contributed by atoms with van der Waals surface area (Å²) in [5.74, 6) is 0.260. The summed E-state index contributed by atoms with van der Waals surface area (Å²) in [6.45, 7) is 7.10. The molecule has 1 unspecified atom stereocenters. The van der Waals surface area contributed by atoms with Crippen LogP contribution in [-0.4, -0.2) is 30.2 Å². The van der Waals surface area contributed by atoms with E-state index in [1.807, 2.05) is 45.0 Å². The highest BCUT2D eigenvalue weighted by Gasteiger charge is 2.41. The van der Waals surface area contributed by atoms with Gasteiger partial charge < -0.3 is 9.47 Å². The van der Waals surface area contributed by atoms with Crippen molar-refractivity contribution in [3.05, 3.63) is 29.8 Å². The Kier molecular flexibility index (Phi) is 8.22. The molecule has 0 saturated heterocycles. The Morgan fingerprint density at radius 1 is 1.07 bits per heavy atom. The van der Waals surface area contributed by atoms with Crippen molar-refractivity contribution in [2.24, 2.45) is 11.3 Å². The first-order valence-corrected chi connectivity index (χ1v) is 10.9. The molecule has 166 valence electrons. The predicted molar refractivity (Wildman–Crippen MR) is 116 cm³/mol. The van der Waals surface area contributed by atoms with Gasteiger partial charge in [-0.25, -0.2) is 0 Å². The van der Waals surface area contributed by atoms with Crippen LogP contribution in [0.3, 0.4) is 0 Å². The van der Waals surface area contributed by atoms with Crippen molar-refractivity contribution >= 4 is 17.5 Å². The molecule has 30 heavy (non-hydrogen) atoms. The summed E-state index contributed by atoms with van der Waals surface area (Å²) in [5, 5.41) is 0. The van der Waals surface area contributed by atoms with Crippen LogP contribution < -0.4 is 4.74 Å². The lowest BCUT2D eigenvalue weighted by Crippen LogP contribution is -2.33. The van der Waals surface area contributed by atoms with Crippen LogP contribution in [0, 0.1) is 11.3 Å². The van der Waals surface area contributed by atoms with Crippen LogP contribution in [0.5, 0.6) is 5.75 Å². The van der Waals surface area contributed by atoms with E-state index >= 15 is 0 Å². The van der Waals surface area contributed by atoms with Gasteiger partial charge in [-0.2, -0.15) is 0 Å². The Hall–Kier alpha value is -2.17. The summed E-state index contributed by atoms with van der Waals surface area (Å²) in [5.41, 5.74) is -0.108. The molecule has 0 radical (unpaired) electrons. The maximum atomic E-state index is 13.1. The molecule has 0 N–H and O–H groups in total. The molecule has 0 bridgehead atoms. The predicted octanol–water partition coefficient (Wildman–Crippen LogP) is 5.08. The van der Waals surface area contributed by atoms with Crippen molar-refractivity contribution in [1.29, 1.82) is 0 Å². The van der Waals surface area contributed by atoms with Gasteiger partial charge in [-0.15, -0.1) is 0 Å². The molecule has 1 aliphatic carbocycles. The van der Waals surface area contributed by atoms with Gasteiger partial charge in [0.2, 0.25) is 0 Å². The summed E-state index contributed by atoms with van der Waals surface area (Å²) >= 11 is 0. The van der Waals surface area contributed by atoms with Crippen molar-refractivity contribution in [3.8, 4) is 5.75 Å². The van der Waals surface area contributed by atoms with Crippen LogP contribution in [0.15, 0.2) is 24.3 Å². The highest BCUT2D eigenvalue weighted by Crippen LogP contribution is 2.43. The topological polar surface area (TPSA) is 69.7 Å². The largest absolute Gasteiger partial charge is 0.497 e. The molecular weight excluding hydrogens is 380 g/mol. The van der Waals surface area contributed by atoms with Gasteiger partial charge in [0.05, 0.1) is 13.0 Å². The second-order valence-corrected chi connectivity index (χ2v) is 9.61. The van der Waals surface area contributed by atoms with E-state index in [1.165, 1.54) is 0 Å². The number of hydrogen-bond donors (Lipinski definition) is 0. The second kappa shape index (κ2) is 10.2. The Morgan fingerprint density at radius 2 is 1.67 bits per heavy atom. The second-order valence-electron chi connectivity index (χ2n) is 9.61. The average molecular weight is 417 g/mol. The van der Waals surface area contributed by atoms with Crippen LogP contribution in [0.4, 0.5) is 0 Å². The van der Waals surface area contributed by atoms with Gasteiger partial charge in [0, 0.05) is 18.3 Å². The van der Waals surface area contributed by atoms with Crippen molar-refractivity contribution in [3.63, 3.8) is 0 Å². The number of ether oxygens (including phenoxy) is 2. The fourth-order valence-electron chi connectivity index (χ4n) is 4.39. The summed E-state index contributed by atoms with van der Waals surface area (Å²) < 4.78 is 10.8. The molecule has 2 rings (SSSR count). The average Bonchev–Trinajstić information content (AvgIpc) is 3.12. The van der Waals surface area contributed by atoms with Gasteiger partial charge in [0.25, 0.3) is 0 Å². The summed E-state index contributed by atoms with van der Waals surface area (Å²) in [4.78, 5) is 37.8. The maximum Gasteiger partial charge on any atom is 0.309 e. The zero-order valence-corrected chi connectivity index (χ0v) is 19.1. The molecule has 1 aliphatic rings. The number of hydrogen-bond acceptors (Lipinski definition) is 5. The molecule has 5 nitrogen and oxygen atoms in total. The molecule has 5 heteroatoms. The van der Waals surface area contributed by atoms with Gasteiger partial charge >= 0.3 is 5.97 Å². The molecule has 0 heterocycles. The maximum absolute atomic E-state index is 13.1. The number of esters is 1. The van der Waals surface area contributed by atoms with E-state index in [0.29, 0.717) is 25.7 Å². The van der Waals surface area contributed by atoms with E-state index < -0.39 is 16.9 Å². The zero-order chi connectivity index (χ0) is 22.4. The number of Topliss-reactive ketones (excluding diaryl/α,β-unsaturated/α-hetero) is 2. The third-order valence-corrected chi connectivity index (χ3v) is 5.84. The van der Waals surface area contributed by atoms with E-state index in [4.69, 9.17) is 9.47 Å².